The highest BCUT2D eigenvalue weighted by atomic mass is 15.2. The SMILES string of the molecule is CCCCCC(NC)C(C)(C)N1CCCCCC1. The summed E-state index contributed by atoms with van der Waals surface area (Å²) in [7, 11) is 2.14. The van der Waals surface area contributed by atoms with Gasteiger partial charge in [-0.3, -0.25) is 4.90 Å². The van der Waals surface area contributed by atoms with Crippen molar-refractivity contribution in [2.45, 2.75) is 83.7 Å². The molecular weight excluding hydrogens is 220 g/mol. The molecule has 0 aromatic carbocycles. The number of rotatable bonds is 7. The van der Waals surface area contributed by atoms with Crippen LogP contribution >= 0.6 is 0 Å². The fraction of sp³-hybridized carbons (Fsp3) is 1.00. The van der Waals surface area contributed by atoms with Crippen LogP contribution in [0.25, 0.3) is 0 Å². The maximum absolute atomic E-state index is 3.58. The number of nitrogens with zero attached hydrogens (tertiary/aromatic N) is 1. The largest absolute Gasteiger partial charge is 0.315 e. The number of hydrogen-bond acceptors (Lipinski definition) is 2. The Balaban J connectivity index is 2.55. The molecule has 18 heavy (non-hydrogen) atoms. The van der Waals surface area contributed by atoms with Crippen LogP contribution in [0.15, 0.2) is 0 Å². The molecule has 2 heteroatoms. The second kappa shape index (κ2) is 8.16. The van der Waals surface area contributed by atoms with Crippen LogP contribution in [0.2, 0.25) is 0 Å². The molecule has 1 heterocycles. The molecule has 1 saturated heterocycles. The number of hydrogen-bond donors (Lipinski definition) is 1. The van der Waals surface area contributed by atoms with E-state index in [1.54, 1.807) is 0 Å². The third kappa shape index (κ3) is 4.55. The molecular formula is C16H34N2. The Morgan fingerprint density at radius 2 is 1.67 bits per heavy atom. The highest BCUT2D eigenvalue weighted by molar-refractivity contribution is 4.93. The zero-order valence-corrected chi connectivity index (χ0v) is 13.1. The van der Waals surface area contributed by atoms with E-state index >= 15 is 0 Å². The second-order valence-corrected chi connectivity index (χ2v) is 6.39. The van der Waals surface area contributed by atoms with E-state index in [0.29, 0.717) is 11.6 Å². The summed E-state index contributed by atoms with van der Waals surface area (Å²) in [5.74, 6) is 0. The minimum atomic E-state index is 0.298. The van der Waals surface area contributed by atoms with Gasteiger partial charge in [-0.05, 0) is 53.2 Å². The first-order chi connectivity index (χ1) is 8.62. The third-order valence-corrected chi connectivity index (χ3v) is 4.72. The van der Waals surface area contributed by atoms with Crippen LogP contribution in [0.4, 0.5) is 0 Å². The molecule has 0 amide bonds. The predicted octanol–water partition coefficient (Wildman–Crippen LogP) is 3.81. The Morgan fingerprint density at radius 3 is 2.17 bits per heavy atom. The van der Waals surface area contributed by atoms with Gasteiger partial charge in [0.25, 0.3) is 0 Å². The molecule has 1 atom stereocenters. The van der Waals surface area contributed by atoms with Gasteiger partial charge in [0, 0.05) is 11.6 Å². The van der Waals surface area contributed by atoms with Crippen LogP contribution in [0.3, 0.4) is 0 Å². The molecule has 0 aromatic heterocycles. The van der Waals surface area contributed by atoms with Crippen molar-refractivity contribution in [2.75, 3.05) is 20.1 Å². The Kier molecular flexibility index (Phi) is 7.25. The maximum Gasteiger partial charge on any atom is 0.0306 e. The number of likely N-dealkylation sites (tertiary alicyclic amines) is 1. The van der Waals surface area contributed by atoms with Crippen LogP contribution in [0.5, 0.6) is 0 Å². The minimum absolute atomic E-state index is 0.298. The van der Waals surface area contributed by atoms with Crippen molar-refractivity contribution in [3.63, 3.8) is 0 Å². The molecule has 0 bridgehead atoms. The summed E-state index contributed by atoms with van der Waals surface area (Å²) in [5.41, 5.74) is 0.298. The van der Waals surface area contributed by atoms with Gasteiger partial charge < -0.3 is 5.32 Å². The van der Waals surface area contributed by atoms with Gasteiger partial charge in [0.05, 0.1) is 0 Å². The fourth-order valence-electron chi connectivity index (χ4n) is 3.32. The normalized spacial score (nSPS) is 20.7. The molecule has 0 aliphatic carbocycles. The maximum atomic E-state index is 3.58. The lowest BCUT2D eigenvalue weighted by atomic mass is 9.88. The Hall–Kier alpha value is -0.0800. The lowest BCUT2D eigenvalue weighted by Crippen LogP contribution is -2.57. The molecule has 0 aromatic rings. The number of unbranched alkanes of at least 4 members (excludes halogenated alkanes) is 2. The van der Waals surface area contributed by atoms with Gasteiger partial charge in [-0.15, -0.1) is 0 Å². The summed E-state index contributed by atoms with van der Waals surface area (Å²) in [5, 5.41) is 3.58. The van der Waals surface area contributed by atoms with Crippen LogP contribution in [-0.2, 0) is 0 Å². The Bertz CT molecular complexity index is 205. The molecule has 0 saturated carbocycles. The smallest absolute Gasteiger partial charge is 0.0306 e. The first kappa shape index (κ1) is 16.0. The Morgan fingerprint density at radius 1 is 1.06 bits per heavy atom. The number of likely N-dealkylation sites (N-methyl/N-ethyl adjacent to an activating group) is 1. The lowest BCUT2D eigenvalue weighted by Gasteiger charge is -2.44. The molecule has 1 N–H and O–H groups in total. The quantitative estimate of drug-likeness (QED) is 0.695. The summed E-state index contributed by atoms with van der Waals surface area (Å²) in [4.78, 5) is 2.73. The van der Waals surface area contributed by atoms with E-state index in [-0.39, 0.29) is 0 Å². The lowest BCUT2D eigenvalue weighted by molar-refractivity contribution is 0.0820. The molecule has 2 nitrogen and oxygen atoms in total. The molecule has 0 radical (unpaired) electrons. The molecule has 1 unspecified atom stereocenters. The number of nitrogens with one attached hydrogen (secondary N) is 1. The van der Waals surface area contributed by atoms with E-state index in [4.69, 9.17) is 0 Å². The van der Waals surface area contributed by atoms with E-state index in [1.807, 2.05) is 0 Å². The summed E-state index contributed by atoms with van der Waals surface area (Å²) < 4.78 is 0. The van der Waals surface area contributed by atoms with Crippen molar-refractivity contribution in [2.24, 2.45) is 0 Å². The topological polar surface area (TPSA) is 15.3 Å². The molecule has 1 aliphatic heterocycles. The van der Waals surface area contributed by atoms with Gasteiger partial charge in [-0.25, -0.2) is 0 Å². The molecule has 0 spiro atoms. The third-order valence-electron chi connectivity index (χ3n) is 4.72. The summed E-state index contributed by atoms with van der Waals surface area (Å²) in [6.07, 6.45) is 11.0. The van der Waals surface area contributed by atoms with E-state index < -0.39 is 0 Å². The van der Waals surface area contributed by atoms with Crippen molar-refractivity contribution >= 4 is 0 Å². The first-order valence-electron chi connectivity index (χ1n) is 8.05. The van der Waals surface area contributed by atoms with Crippen molar-refractivity contribution in [3.05, 3.63) is 0 Å². The Labute approximate surface area is 115 Å². The van der Waals surface area contributed by atoms with Crippen LogP contribution in [0.1, 0.15) is 72.1 Å². The van der Waals surface area contributed by atoms with Gasteiger partial charge in [0.15, 0.2) is 0 Å². The zero-order chi connectivity index (χ0) is 13.4. The highest BCUT2D eigenvalue weighted by Crippen LogP contribution is 2.26. The molecule has 1 fully saturated rings. The summed E-state index contributed by atoms with van der Waals surface area (Å²) in [6, 6.07) is 0.627. The van der Waals surface area contributed by atoms with Gasteiger partial charge >= 0.3 is 0 Å². The van der Waals surface area contributed by atoms with E-state index in [9.17, 15) is 0 Å². The van der Waals surface area contributed by atoms with Crippen LogP contribution < -0.4 is 5.32 Å². The van der Waals surface area contributed by atoms with E-state index in [2.05, 4.69) is 38.0 Å². The monoisotopic (exact) mass is 254 g/mol. The minimum Gasteiger partial charge on any atom is -0.315 e. The highest BCUT2D eigenvalue weighted by Gasteiger charge is 2.34. The zero-order valence-electron chi connectivity index (χ0n) is 13.1. The first-order valence-corrected chi connectivity index (χ1v) is 8.05. The van der Waals surface area contributed by atoms with Crippen molar-refractivity contribution < 1.29 is 0 Å². The summed E-state index contributed by atoms with van der Waals surface area (Å²) in [6.45, 7) is 9.74. The average molecular weight is 254 g/mol. The van der Waals surface area contributed by atoms with E-state index in [0.717, 1.165) is 0 Å². The van der Waals surface area contributed by atoms with Crippen LogP contribution in [0, 0.1) is 0 Å². The van der Waals surface area contributed by atoms with Gasteiger partial charge in [-0.2, -0.15) is 0 Å². The molecule has 1 rings (SSSR count). The van der Waals surface area contributed by atoms with Crippen molar-refractivity contribution in [3.8, 4) is 0 Å². The van der Waals surface area contributed by atoms with E-state index in [1.165, 1.54) is 64.5 Å². The average Bonchev–Trinajstić information content (AvgIpc) is 2.63. The fourth-order valence-corrected chi connectivity index (χ4v) is 3.32. The van der Waals surface area contributed by atoms with Crippen molar-refractivity contribution in [1.82, 2.24) is 10.2 Å². The standard InChI is InChI=1S/C16H34N2/c1-5-6-9-12-15(17-4)16(2,3)18-13-10-7-8-11-14-18/h15,17H,5-14H2,1-4H3. The van der Waals surface area contributed by atoms with Gasteiger partial charge in [-0.1, -0.05) is 39.0 Å². The molecule has 1 aliphatic rings. The van der Waals surface area contributed by atoms with Crippen LogP contribution in [-0.4, -0.2) is 36.6 Å². The van der Waals surface area contributed by atoms with Gasteiger partial charge in [0.2, 0.25) is 0 Å². The van der Waals surface area contributed by atoms with Crippen molar-refractivity contribution in [1.29, 1.82) is 0 Å². The van der Waals surface area contributed by atoms with Gasteiger partial charge in [0.1, 0.15) is 0 Å². The molecule has 108 valence electrons. The second-order valence-electron chi connectivity index (χ2n) is 6.39. The predicted molar refractivity (Wildman–Crippen MR) is 81.1 cm³/mol. The summed E-state index contributed by atoms with van der Waals surface area (Å²) >= 11 is 0.